The van der Waals surface area contributed by atoms with E-state index in [-0.39, 0.29) is 0 Å². The Balaban J connectivity index is 0.000000254. The summed E-state index contributed by atoms with van der Waals surface area (Å²) in [5, 5.41) is 0. The van der Waals surface area contributed by atoms with E-state index in [1.54, 1.807) is 0 Å². The third kappa shape index (κ3) is 22.0. The Morgan fingerprint density at radius 3 is 0.304 bits per heavy atom. The first-order chi connectivity index (χ1) is 11.4. The standard InChI is InChI=1S/5C4H8.C3H8/c5*1-2-4-3-1;1-3-2/h5*1-4H2;3H2,1-2H3. The average Bonchev–Trinajstić information content (AvgIpc) is 2.00. The van der Waals surface area contributed by atoms with Crippen LogP contribution >= 0.6 is 0 Å². The van der Waals surface area contributed by atoms with Crippen molar-refractivity contribution < 1.29 is 0 Å². The normalized spacial score (nSPS) is 21.7. The van der Waals surface area contributed by atoms with Gasteiger partial charge in [0.05, 0.1) is 0 Å². The zero-order valence-electron chi connectivity index (χ0n) is 16.8. The maximum atomic E-state index is 2.12. The Labute approximate surface area is 149 Å². The van der Waals surface area contributed by atoms with Crippen molar-refractivity contribution in [2.24, 2.45) is 0 Å². The van der Waals surface area contributed by atoms with Gasteiger partial charge in [-0.1, -0.05) is 149 Å². The molecule has 0 nitrogen and oxygen atoms in total. The lowest BCUT2D eigenvalue weighted by atomic mass is 10.0. The minimum Gasteiger partial charge on any atom is -0.0656 e. The predicted molar refractivity (Wildman–Crippen MR) is 108 cm³/mol. The van der Waals surface area contributed by atoms with Crippen molar-refractivity contribution >= 4 is 0 Å². The van der Waals surface area contributed by atoms with E-state index >= 15 is 0 Å². The Hall–Kier alpha value is 0. The summed E-state index contributed by atoms with van der Waals surface area (Å²) in [6.45, 7) is 4.25. The molecule has 5 aliphatic carbocycles. The molecule has 0 unspecified atom stereocenters. The lowest BCUT2D eigenvalue weighted by Gasteiger charge is -2.05. The van der Waals surface area contributed by atoms with Crippen LogP contribution in [0.3, 0.4) is 0 Å². The van der Waals surface area contributed by atoms with E-state index in [1.165, 1.54) is 135 Å². The molecular formula is C23H48. The van der Waals surface area contributed by atoms with E-state index < -0.39 is 0 Å². The van der Waals surface area contributed by atoms with Gasteiger partial charge >= 0.3 is 0 Å². The molecule has 0 aromatic heterocycles. The van der Waals surface area contributed by atoms with E-state index in [0.717, 1.165) is 0 Å². The molecule has 0 heterocycles. The highest BCUT2D eigenvalue weighted by Crippen LogP contribution is 2.16. The van der Waals surface area contributed by atoms with Gasteiger partial charge in [-0.3, -0.25) is 0 Å². The van der Waals surface area contributed by atoms with Crippen LogP contribution in [0.5, 0.6) is 0 Å². The molecule has 0 atom stereocenters. The van der Waals surface area contributed by atoms with E-state index in [0.29, 0.717) is 0 Å². The fraction of sp³-hybridized carbons (Fsp3) is 1.00. The Morgan fingerprint density at radius 1 is 0.261 bits per heavy atom. The van der Waals surface area contributed by atoms with Crippen LogP contribution in [0.25, 0.3) is 0 Å². The van der Waals surface area contributed by atoms with Gasteiger partial charge in [0.2, 0.25) is 0 Å². The van der Waals surface area contributed by atoms with Crippen LogP contribution in [0, 0.1) is 0 Å². The number of hydrogen-bond donors (Lipinski definition) is 0. The zero-order chi connectivity index (χ0) is 16.8. The third-order valence-corrected chi connectivity index (χ3v) is 5.00. The van der Waals surface area contributed by atoms with Gasteiger partial charge in [0.25, 0.3) is 0 Å². The molecule has 0 N–H and O–H groups in total. The number of rotatable bonds is 0. The molecule has 23 heavy (non-hydrogen) atoms. The Morgan fingerprint density at radius 2 is 0.304 bits per heavy atom. The second-order valence-electron chi connectivity index (χ2n) is 7.78. The van der Waals surface area contributed by atoms with Crippen molar-refractivity contribution in [1.82, 2.24) is 0 Å². The maximum absolute atomic E-state index is 2.12. The Kier molecular flexibility index (Phi) is 22.0. The van der Waals surface area contributed by atoms with Gasteiger partial charge in [0.15, 0.2) is 0 Å². The molecule has 5 saturated carbocycles. The molecule has 0 amide bonds. The van der Waals surface area contributed by atoms with E-state index in [1.807, 2.05) is 0 Å². The van der Waals surface area contributed by atoms with Gasteiger partial charge in [-0.2, -0.15) is 0 Å². The molecule has 5 fully saturated rings. The topological polar surface area (TPSA) is 0 Å². The largest absolute Gasteiger partial charge is 0.0656 e. The molecule has 5 aliphatic rings. The van der Waals surface area contributed by atoms with Crippen molar-refractivity contribution in [2.75, 3.05) is 0 Å². The summed E-state index contributed by atoms with van der Waals surface area (Å²) < 4.78 is 0. The SMILES string of the molecule is C1CCC1.C1CCC1.C1CCC1.C1CCC1.C1CCC1.CCC. The van der Waals surface area contributed by atoms with E-state index in [9.17, 15) is 0 Å². The van der Waals surface area contributed by atoms with Crippen LogP contribution in [0.4, 0.5) is 0 Å². The molecule has 140 valence electrons. The van der Waals surface area contributed by atoms with Gasteiger partial charge in [-0.25, -0.2) is 0 Å². The van der Waals surface area contributed by atoms with Gasteiger partial charge < -0.3 is 0 Å². The maximum Gasteiger partial charge on any atom is -0.0533 e. The molecule has 0 radical (unpaired) electrons. The van der Waals surface area contributed by atoms with Gasteiger partial charge in [-0.15, -0.1) is 0 Å². The smallest absolute Gasteiger partial charge is 0.0533 e. The summed E-state index contributed by atoms with van der Waals surface area (Å²) >= 11 is 0. The monoisotopic (exact) mass is 324 g/mol. The fourth-order valence-electron chi connectivity index (χ4n) is 1.25. The quantitative estimate of drug-likeness (QED) is 0.416. The van der Waals surface area contributed by atoms with E-state index in [2.05, 4.69) is 13.8 Å². The molecule has 0 aliphatic heterocycles. The van der Waals surface area contributed by atoms with Crippen LogP contribution in [0.2, 0.25) is 0 Å². The van der Waals surface area contributed by atoms with Crippen molar-refractivity contribution in [3.8, 4) is 0 Å². The zero-order valence-corrected chi connectivity index (χ0v) is 16.8. The predicted octanol–water partition coefficient (Wildman–Crippen LogP) is 9.22. The highest BCUT2D eigenvalue weighted by molar-refractivity contribution is 4.52. The minimum atomic E-state index is 1.25. The Bertz CT molecular complexity index is 98.0. The van der Waals surface area contributed by atoms with E-state index in [4.69, 9.17) is 0 Å². The fourth-order valence-corrected chi connectivity index (χ4v) is 1.25. The lowest BCUT2D eigenvalue weighted by Crippen LogP contribution is -1.85. The minimum absolute atomic E-state index is 1.25. The summed E-state index contributed by atoms with van der Waals surface area (Å²) in [6.07, 6.45) is 31.2. The van der Waals surface area contributed by atoms with Crippen LogP contribution in [-0.4, -0.2) is 0 Å². The molecule has 5 rings (SSSR count). The first-order valence-corrected chi connectivity index (χ1v) is 11.4. The highest BCUT2D eigenvalue weighted by atomic mass is 14.0. The molecule has 0 spiro atoms. The van der Waals surface area contributed by atoms with Crippen LogP contribution in [-0.2, 0) is 0 Å². The van der Waals surface area contributed by atoms with Crippen molar-refractivity contribution in [2.45, 2.75) is 149 Å². The van der Waals surface area contributed by atoms with Crippen molar-refractivity contribution in [1.29, 1.82) is 0 Å². The summed E-state index contributed by atoms with van der Waals surface area (Å²) in [5.74, 6) is 0. The van der Waals surface area contributed by atoms with Crippen LogP contribution in [0.15, 0.2) is 0 Å². The summed E-state index contributed by atoms with van der Waals surface area (Å²) in [4.78, 5) is 0. The van der Waals surface area contributed by atoms with Gasteiger partial charge in [-0.05, 0) is 0 Å². The molecule has 0 bridgehead atoms. The molecular weight excluding hydrogens is 276 g/mol. The van der Waals surface area contributed by atoms with Crippen LogP contribution in [0.1, 0.15) is 149 Å². The molecule has 0 aromatic carbocycles. The summed E-state index contributed by atoms with van der Waals surface area (Å²) in [5.41, 5.74) is 0. The lowest BCUT2D eigenvalue weighted by molar-refractivity contribution is 0.504. The van der Waals surface area contributed by atoms with Crippen LogP contribution < -0.4 is 0 Å². The van der Waals surface area contributed by atoms with Crippen molar-refractivity contribution in [3.05, 3.63) is 0 Å². The summed E-state index contributed by atoms with van der Waals surface area (Å²) in [7, 11) is 0. The first kappa shape index (κ1) is 23.0. The molecule has 0 aromatic rings. The second kappa shape index (κ2) is 22.0. The van der Waals surface area contributed by atoms with Gasteiger partial charge in [0.1, 0.15) is 0 Å². The highest BCUT2D eigenvalue weighted by Gasteiger charge is 1.96. The first-order valence-electron chi connectivity index (χ1n) is 11.4. The number of hydrogen-bond acceptors (Lipinski definition) is 0. The van der Waals surface area contributed by atoms with Gasteiger partial charge in [0, 0.05) is 0 Å². The summed E-state index contributed by atoms with van der Waals surface area (Å²) in [6, 6.07) is 0. The molecule has 0 heteroatoms. The third-order valence-electron chi connectivity index (χ3n) is 5.00. The van der Waals surface area contributed by atoms with Crippen molar-refractivity contribution in [3.63, 3.8) is 0 Å². The second-order valence-corrected chi connectivity index (χ2v) is 7.78. The molecule has 0 saturated heterocycles. The average molecular weight is 325 g/mol.